The number of nitrogens with one attached hydrogen (secondary N) is 1. The van der Waals surface area contributed by atoms with E-state index in [1.54, 1.807) is 6.33 Å². The number of hydrogen-bond donors (Lipinski definition) is 1. The van der Waals surface area contributed by atoms with Crippen LogP contribution < -0.4 is 5.32 Å². The van der Waals surface area contributed by atoms with E-state index in [1.165, 1.54) is 11.1 Å². The van der Waals surface area contributed by atoms with Gasteiger partial charge in [-0.2, -0.15) is 0 Å². The van der Waals surface area contributed by atoms with Crippen LogP contribution in [0.5, 0.6) is 0 Å². The minimum atomic E-state index is -0.0381. The van der Waals surface area contributed by atoms with Crippen molar-refractivity contribution in [3.8, 4) is 0 Å². The van der Waals surface area contributed by atoms with Crippen molar-refractivity contribution in [3.05, 3.63) is 47.5 Å². The Morgan fingerprint density at radius 1 is 1.25 bits per heavy atom. The van der Waals surface area contributed by atoms with E-state index < -0.39 is 0 Å². The Bertz CT molecular complexity index is 660. The molecular formula is C18H27N5O. The van der Waals surface area contributed by atoms with Crippen LogP contribution in [0.4, 0.5) is 0 Å². The highest BCUT2D eigenvalue weighted by Crippen LogP contribution is 2.18. The molecule has 24 heavy (non-hydrogen) atoms. The van der Waals surface area contributed by atoms with Gasteiger partial charge in [0, 0.05) is 12.6 Å². The Kier molecular flexibility index (Phi) is 6.09. The second kappa shape index (κ2) is 8.06. The van der Waals surface area contributed by atoms with Gasteiger partial charge in [0.2, 0.25) is 5.91 Å². The van der Waals surface area contributed by atoms with Crippen LogP contribution in [0.1, 0.15) is 42.9 Å². The van der Waals surface area contributed by atoms with Crippen LogP contribution in [-0.4, -0.2) is 46.2 Å². The number of benzene rings is 1. The number of nitrogens with zero attached hydrogens (tertiary/aromatic N) is 4. The molecule has 1 heterocycles. The molecule has 1 unspecified atom stereocenters. The van der Waals surface area contributed by atoms with Gasteiger partial charge in [0.15, 0.2) is 0 Å². The maximum absolute atomic E-state index is 12.3. The third kappa shape index (κ3) is 4.64. The van der Waals surface area contributed by atoms with Gasteiger partial charge in [-0.05, 0) is 40.4 Å². The average molecular weight is 329 g/mol. The van der Waals surface area contributed by atoms with Gasteiger partial charge in [0.25, 0.3) is 0 Å². The number of carbonyl (C=O) groups excluding carboxylic acids is 1. The lowest BCUT2D eigenvalue weighted by atomic mass is 10.0. The molecule has 0 aliphatic rings. The van der Waals surface area contributed by atoms with Crippen molar-refractivity contribution in [2.75, 3.05) is 20.6 Å². The fourth-order valence-electron chi connectivity index (χ4n) is 2.63. The summed E-state index contributed by atoms with van der Waals surface area (Å²) in [5.41, 5.74) is 2.42. The zero-order valence-electron chi connectivity index (χ0n) is 15.2. The largest absolute Gasteiger partial charge is 0.354 e. The number of rotatable bonds is 7. The lowest BCUT2D eigenvalue weighted by Gasteiger charge is -2.25. The molecule has 1 amide bonds. The van der Waals surface area contributed by atoms with Crippen molar-refractivity contribution in [1.82, 2.24) is 25.0 Å². The molecule has 0 aliphatic heterocycles. The summed E-state index contributed by atoms with van der Waals surface area (Å²) in [7, 11) is 4.04. The minimum absolute atomic E-state index is 0.0381. The van der Waals surface area contributed by atoms with Gasteiger partial charge >= 0.3 is 0 Å². The molecule has 0 bridgehead atoms. The highest BCUT2D eigenvalue weighted by molar-refractivity contribution is 5.77. The van der Waals surface area contributed by atoms with Crippen molar-refractivity contribution < 1.29 is 4.79 Å². The zero-order chi connectivity index (χ0) is 17.7. The minimum Gasteiger partial charge on any atom is -0.354 e. The van der Waals surface area contributed by atoms with Crippen LogP contribution >= 0.6 is 0 Å². The van der Waals surface area contributed by atoms with Crippen LogP contribution in [-0.2, 0) is 11.2 Å². The smallest absolute Gasteiger partial charge is 0.227 e. The first-order chi connectivity index (χ1) is 11.4. The predicted molar refractivity (Wildman–Crippen MR) is 94.7 cm³/mol. The molecule has 1 aromatic heterocycles. The molecule has 1 aromatic carbocycles. The fourth-order valence-corrected chi connectivity index (χ4v) is 2.63. The first kappa shape index (κ1) is 18.1. The molecule has 0 aliphatic carbocycles. The summed E-state index contributed by atoms with van der Waals surface area (Å²) in [5, 5.41) is 11.0. The number of likely N-dealkylation sites (N-methyl/N-ethyl adjacent to an activating group) is 1. The standard InChI is InChI=1S/C18H27N5O/c1-13(2)23-12-20-21-17(23)10-18(24)19-11-16(22(4)5)15-8-6-14(3)7-9-15/h6-9,12-13,16H,10-11H2,1-5H3,(H,19,24). The summed E-state index contributed by atoms with van der Waals surface area (Å²) >= 11 is 0. The van der Waals surface area contributed by atoms with Crippen LogP contribution in [0.25, 0.3) is 0 Å². The van der Waals surface area contributed by atoms with E-state index in [0.717, 1.165) is 0 Å². The van der Waals surface area contributed by atoms with Crippen molar-refractivity contribution in [2.45, 2.75) is 39.3 Å². The molecule has 0 fully saturated rings. The van der Waals surface area contributed by atoms with E-state index in [4.69, 9.17) is 0 Å². The van der Waals surface area contributed by atoms with E-state index in [-0.39, 0.29) is 24.4 Å². The maximum Gasteiger partial charge on any atom is 0.227 e. The summed E-state index contributed by atoms with van der Waals surface area (Å²) in [6, 6.07) is 8.79. The molecule has 0 saturated heterocycles. The molecule has 0 spiro atoms. The van der Waals surface area contributed by atoms with Crippen LogP contribution in [0, 0.1) is 6.92 Å². The summed E-state index contributed by atoms with van der Waals surface area (Å²) in [6.45, 7) is 6.72. The first-order valence-corrected chi connectivity index (χ1v) is 8.26. The zero-order valence-corrected chi connectivity index (χ0v) is 15.2. The van der Waals surface area contributed by atoms with Gasteiger partial charge in [0.1, 0.15) is 12.2 Å². The van der Waals surface area contributed by atoms with Gasteiger partial charge in [-0.15, -0.1) is 10.2 Å². The Hall–Kier alpha value is -2.21. The normalized spacial score (nSPS) is 12.6. The molecular weight excluding hydrogens is 302 g/mol. The van der Waals surface area contributed by atoms with Crippen molar-refractivity contribution in [1.29, 1.82) is 0 Å². The molecule has 1 N–H and O–H groups in total. The molecule has 0 saturated carbocycles. The van der Waals surface area contributed by atoms with Crippen LogP contribution in [0.15, 0.2) is 30.6 Å². The van der Waals surface area contributed by atoms with Crippen LogP contribution in [0.3, 0.4) is 0 Å². The molecule has 130 valence electrons. The molecule has 2 rings (SSSR count). The SMILES string of the molecule is Cc1ccc(C(CNC(=O)Cc2nncn2C(C)C)N(C)C)cc1. The lowest BCUT2D eigenvalue weighted by molar-refractivity contribution is -0.120. The van der Waals surface area contributed by atoms with E-state index in [2.05, 4.69) is 51.6 Å². The second-order valence-electron chi connectivity index (χ2n) is 6.62. The summed E-state index contributed by atoms with van der Waals surface area (Å²) < 4.78 is 1.92. The summed E-state index contributed by atoms with van der Waals surface area (Å²) in [6.07, 6.45) is 1.91. The second-order valence-corrected chi connectivity index (χ2v) is 6.62. The molecule has 0 radical (unpaired) electrons. The molecule has 2 aromatic rings. The average Bonchev–Trinajstić information content (AvgIpc) is 2.97. The lowest BCUT2D eigenvalue weighted by Crippen LogP contribution is -2.35. The molecule has 6 nitrogen and oxygen atoms in total. The third-order valence-corrected chi connectivity index (χ3v) is 4.10. The van der Waals surface area contributed by atoms with Gasteiger partial charge < -0.3 is 14.8 Å². The summed E-state index contributed by atoms with van der Waals surface area (Å²) in [5.74, 6) is 0.656. The van der Waals surface area contributed by atoms with E-state index in [1.807, 2.05) is 32.5 Å². The van der Waals surface area contributed by atoms with E-state index >= 15 is 0 Å². The van der Waals surface area contributed by atoms with Crippen molar-refractivity contribution in [2.24, 2.45) is 0 Å². The molecule has 6 heteroatoms. The monoisotopic (exact) mass is 329 g/mol. The van der Waals surface area contributed by atoms with E-state index in [9.17, 15) is 4.79 Å². The van der Waals surface area contributed by atoms with Gasteiger partial charge in [-0.3, -0.25) is 4.79 Å². The Balaban J connectivity index is 1.97. The van der Waals surface area contributed by atoms with Crippen molar-refractivity contribution in [3.63, 3.8) is 0 Å². The number of carbonyl (C=O) groups is 1. The van der Waals surface area contributed by atoms with Gasteiger partial charge in [-0.25, -0.2) is 0 Å². The van der Waals surface area contributed by atoms with E-state index in [0.29, 0.717) is 12.4 Å². The number of aromatic nitrogens is 3. The number of aryl methyl sites for hydroxylation is 1. The Labute approximate surface area is 143 Å². The predicted octanol–water partition coefficient (Wildman–Crippen LogP) is 2.13. The third-order valence-electron chi connectivity index (χ3n) is 4.10. The van der Waals surface area contributed by atoms with Crippen molar-refractivity contribution >= 4 is 5.91 Å². The first-order valence-electron chi connectivity index (χ1n) is 8.26. The molecule has 1 atom stereocenters. The summed E-state index contributed by atoms with van der Waals surface area (Å²) in [4.78, 5) is 14.4. The Morgan fingerprint density at radius 3 is 2.50 bits per heavy atom. The number of amides is 1. The van der Waals surface area contributed by atoms with Gasteiger partial charge in [-0.1, -0.05) is 29.8 Å². The topological polar surface area (TPSA) is 63.1 Å². The number of hydrogen-bond acceptors (Lipinski definition) is 4. The maximum atomic E-state index is 12.3. The van der Waals surface area contributed by atoms with Crippen LogP contribution in [0.2, 0.25) is 0 Å². The van der Waals surface area contributed by atoms with Gasteiger partial charge in [0.05, 0.1) is 12.5 Å². The Morgan fingerprint density at radius 2 is 1.92 bits per heavy atom. The highest BCUT2D eigenvalue weighted by Gasteiger charge is 2.17. The highest BCUT2D eigenvalue weighted by atomic mass is 16.1. The quantitative estimate of drug-likeness (QED) is 0.845. The fraction of sp³-hybridized carbons (Fsp3) is 0.500.